The minimum atomic E-state index is -0.456. The van der Waals surface area contributed by atoms with Crippen LogP contribution >= 0.6 is 34.8 Å². The summed E-state index contributed by atoms with van der Waals surface area (Å²) in [6.07, 6.45) is 0. The fraction of sp³-hybridized carbons (Fsp3) is 0. The second kappa shape index (κ2) is 7.72. The van der Waals surface area contributed by atoms with Crippen LogP contribution in [0.2, 0.25) is 15.1 Å². The van der Waals surface area contributed by atoms with Crippen LogP contribution in [0, 0.1) is 0 Å². The fourth-order valence-corrected chi connectivity index (χ4v) is 3.39. The van der Waals surface area contributed by atoms with Crippen LogP contribution in [-0.2, 0) is 0 Å². The molecule has 140 valence electrons. The summed E-state index contributed by atoms with van der Waals surface area (Å²) in [6.45, 7) is 0. The largest absolute Gasteiger partial charge is 0.324 e. The number of aromatic nitrogens is 2. The van der Waals surface area contributed by atoms with Gasteiger partial charge in [-0.25, -0.2) is 4.79 Å². The van der Waals surface area contributed by atoms with E-state index < -0.39 is 6.03 Å². The molecule has 0 aliphatic rings. The Hall–Kier alpha value is -2.73. The number of carbonyl (C=O) groups is 1. The zero-order valence-corrected chi connectivity index (χ0v) is 16.5. The normalized spacial score (nSPS) is 10.8. The smallest absolute Gasteiger partial charge is 0.308 e. The van der Waals surface area contributed by atoms with Crippen molar-refractivity contribution in [2.75, 3.05) is 10.6 Å². The number of nitrogens with one attached hydrogen (secondary N) is 3. The number of amides is 2. The van der Waals surface area contributed by atoms with Gasteiger partial charge in [0.1, 0.15) is 0 Å². The Morgan fingerprint density at radius 1 is 0.857 bits per heavy atom. The lowest BCUT2D eigenvalue weighted by atomic mass is 10.0. The molecule has 0 aliphatic heterocycles. The second-order valence-electron chi connectivity index (χ2n) is 6.02. The number of benzene rings is 3. The predicted octanol–water partition coefficient (Wildman–Crippen LogP) is 6.83. The minimum absolute atomic E-state index is 0.354. The molecule has 3 aromatic carbocycles. The average Bonchev–Trinajstić information content (AvgIpc) is 3.06. The van der Waals surface area contributed by atoms with Gasteiger partial charge in [0, 0.05) is 16.6 Å². The summed E-state index contributed by atoms with van der Waals surface area (Å²) < 4.78 is 0. The van der Waals surface area contributed by atoms with Crippen molar-refractivity contribution >= 4 is 63.2 Å². The highest BCUT2D eigenvalue weighted by atomic mass is 35.5. The molecule has 1 aromatic heterocycles. The lowest BCUT2D eigenvalue weighted by molar-refractivity contribution is 0.262. The maximum Gasteiger partial charge on any atom is 0.324 e. The summed E-state index contributed by atoms with van der Waals surface area (Å²) in [7, 11) is 0. The molecular weight excluding hydrogens is 419 g/mol. The summed E-state index contributed by atoms with van der Waals surface area (Å²) >= 11 is 18.3. The molecule has 0 atom stereocenters. The van der Waals surface area contributed by atoms with E-state index in [2.05, 4.69) is 20.8 Å². The standard InChI is InChI=1S/C20H13Cl3N4O/c21-15-7-6-12(8-17(15)23)24-20(28)25-19-14-9-13(11-4-2-1-3-5-11)16(22)10-18(14)26-27-19/h1-10H,(H3,24,25,26,27,28). The first-order valence-corrected chi connectivity index (χ1v) is 9.41. The number of aromatic amines is 1. The number of H-pyrrole nitrogens is 1. The van der Waals surface area contributed by atoms with Gasteiger partial charge in [0.25, 0.3) is 0 Å². The summed E-state index contributed by atoms with van der Waals surface area (Å²) in [5.41, 5.74) is 3.06. The van der Waals surface area contributed by atoms with Crippen LogP contribution in [0.3, 0.4) is 0 Å². The Balaban J connectivity index is 1.62. The predicted molar refractivity (Wildman–Crippen MR) is 116 cm³/mol. The van der Waals surface area contributed by atoms with Gasteiger partial charge in [0.05, 0.1) is 20.6 Å². The molecule has 3 N–H and O–H groups in total. The molecule has 0 saturated carbocycles. The van der Waals surface area contributed by atoms with E-state index in [0.29, 0.717) is 26.6 Å². The second-order valence-corrected chi connectivity index (χ2v) is 7.25. The monoisotopic (exact) mass is 430 g/mol. The third-order valence-corrected chi connectivity index (χ3v) is 5.20. The fourth-order valence-electron chi connectivity index (χ4n) is 2.82. The van der Waals surface area contributed by atoms with Crippen molar-refractivity contribution in [1.82, 2.24) is 10.2 Å². The van der Waals surface area contributed by atoms with E-state index in [4.69, 9.17) is 34.8 Å². The Bertz CT molecular complexity index is 1180. The first-order chi connectivity index (χ1) is 13.5. The summed E-state index contributed by atoms with van der Waals surface area (Å²) in [6, 6.07) is 17.8. The van der Waals surface area contributed by atoms with Gasteiger partial charge in [-0.15, -0.1) is 0 Å². The number of rotatable bonds is 3. The van der Waals surface area contributed by atoms with Gasteiger partial charge in [-0.3, -0.25) is 10.4 Å². The molecule has 0 saturated heterocycles. The molecule has 0 spiro atoms. The van der Waals surface area contributed by atoms with Crippen molar-refractivity contribution in [3.63, 3.8) is 0 Å². The number of nitrogens with zero attached hydrogens (tertiary/aromatic N) is 1. The van der Waals surface area contributed by atoms with Crippen LogP contribution in [0.5, 0.6) is 0 Å². The van der Waals surface area contributed by atoms with Crippen molar-refractivity contribution in [3.8, 4) is 11.1 Å². The lowest BCUT2D eigenvalue weighted by Gasteiger charge is -2.08. The number of carbonyl (C=O) groups excluding carboxylic acids is 1. The van der Waals surface area contributed by atoms with Crippen LogP contribution in [0.4, 0.5) is 16.3 Å². The Labute approximate surface area is 175 Å². The Morgan fingerprint density at radius 2 is 1.64 bits per heavy atom. The minimum Gasteiger partial charge on any atom is -0.308 e. The molecule has 28 heavy (non-hydrogen) atoms. The van der Waals surface area contributed by atoms with Crippen LogP contribution < -0.4 is 10.6 Å². The van der Waals surface area contributed by atoms with Crippen molar-refractivity contribution in [3.05, 3.63) is 75.7 Å². The van der Waals surface area contributed by atoms with Crippen molar-refractivity contribution in [2.24, 2.45) is 0 Å². The van der Waals surface area contributed by atoms with Gasteiger partial charge in [-0.1, -0.05) is 65.1 Å². The molecule has 0 bridgehead atoms. The molecule has 0 fully saturated rings. The van der Waals surface area contributed by atoms with Crippen LogP contribution in [0.15, 0.2) is 60.7 Å². The molecule has 8 heteroatoms. The van der Waals surface area contributed by atoms with Crippen molar-refractivity contribution < 1.29 is 4.79 Å². The molecule has 0 aliphatic carbocycles. The molecule has 2 amide bonds. The van der Waals surface area contributed by atoms with E-state index in [9.17, 15) is 4.79 Å². The maximum absolute atomic E-state index is 12.4. The van der Waals surface area contributed by atoms with Gasteiger partial charge >= 0.3 is 6.03 Å². The molecule has 0 unspecified atom stereocenters. The number of urea groups is 1. The third kappa shape index (κ3) is 3.78. The molecule has 4 rings (SSSR count). The first-order valence-electron chi connectivity index (χ1n) is 8.27. The van der Waals surface area contributed by atoms with E-state index in [1.807, 2.05) is 36.4 Å². The highest BCUT2D eigenvalue weighted by Gasteiger charge is 2.14. The zero-order valence-electron chi connectivity index (χ0n) is 14.3. The molecule has 1 heterocycles. The SMILES string of the molecule is O=C(Nc1ccc(Cl)c(Cl)c1)Nc1n[nH]c2cc(Cl)c(-c3ccccc3)cc12. The quantitative estimate of drug-likeness (QED) is 0.332. The van der Waals surface area contributed by atoms with E-state index in [1.165, 1.54) is 0 Å². The first kappa shape index (κ1) is 18.6. The third-order valence-electron chi connectivity index (χ3n) is 4.14. The number of halogens is 3. The van der Waals surface area contributed by atoms with Gasteiger partial charge in [-0.2, -0.15) is 5.10 Å². The van der Waals surface area contributed by atoms with E-state index in [-0.39, 0.29) is 0 Å². The summed E-state index contributed by atoms with van der Waals surface area (Å²) in [5, 5.41) is 14.6. The average molecular weight is 432 g/mol. The number of hydrogen-bond acceptors (Lipinski definition) is 2. The van der Waals surface area contributed by atoms with Crippen LogP contribution in [0.25, 0.3) is 22.0 Å². The highest BCUT2D eigenvalue weighted by molar-refractivity contribution is 6.42. The maximum atomic E-state index is 12.4. The van der Waals surface area contributed by atoms with E-state index >= 15 is 0 Å². The Kier molecular flexibility index (Phi) is 5.13. The Morgan fingerprint density at radius 3 is 2.39 bits per heavy atom. The number of fused-ring (bicyclic) bond motifs is 1. The summed E-state index contributed by atoms with van der Waals surface area (Å²) in [5.74, 6) is 0.390. The van der Waals surface area contributed by atoms with Gasteiger partial charge in [0.2, 0.25) is 0 Å². The van der Waals surface area contributed by atoms with Gasteiger partial charge < -0.3 is 5.32 Å². The topological polar surface area (TPSA) is 69.8 Å². The van der Waals surface area contributed by atoms with Gasteiger partial charge in [-0.05, 0) is 35.9 Å². The number of hydrogen-bond donors (Lipinski definition) is 3. The van der Waals surface area contributed by atoms with Crippen molar-refractivity contribution in [1.29, 1.82) is 0 Å². The zero-order chi connectivity index (χ0) is 19.7. The van der Waals surface area contributed by atoms with E-state index in [1.54, 1.807) is 24.3 Å². The van der Waals surface area contributed by atoms with Crippen LogP contribution in [-0.4, -0.2) is 16.2 Å². The van der Waals surface area contributed by atoms with Crippen LogP contribution in [0.1, 0.15) is 0 Å². The summed E-state index contributed by atoms with van der Waals surface area (Å²) in [4.78, 5) is 12.4. The lowest BCUT2D eigenvalue weighted by Crippen LogP contribution is -2.19. The number of anilines is 2. The molecule has 5 nitrogen and oxygen atoms in total. The van der Waals surface area contributed by atoms with E-state index in [0.717, 1.165) is 22.0 Å². The molecule has 4 aromatic rings. The highest BCUT2D eigenvalue weighted by Crippen LogP contribution is 2.34. The van der Waals surface area contributed by atoms with Crippen molar-refractivity contribution in [2.45, 2.75) is 0 Å². The molecule has 0 radical (unpaired) electrons. The molecular formula is C20H13Cl3N4O. The van der Waals surface area contributed by atoms with Gasteiger partial charge in [0.15, 0.2) is 5.82 Å².